The van der Waals surface area contributed by atoms with Crippen molar-refractivity contribution in [2.24, 2.45) is 5.92 Å². The van der Waals surface area contributed by atoms with Crippen LogP contribution in [-0.4, -0.2) is 40.6 Å². The fourth-order valence-electron chi connectivity index (χ4n) is 3.82. The summed E-state index contributed by atoms with van der Waals surface area (Å²) in [7, 11) is 0. The fourth-order valence-corrected chi connectivity index (χ4v) is 3.82. The van der Waals surface area contributed by atoms with Gasteiger partial charge >= 0.3 is 0 Å². The topological polar surface area (TPSA) is 82.4 Å². The minimum Gasteiger partial charge on any atom is -0.356 e. The number of carbonyl (C=O) groups excluding carboxylic acids is 1. The first-order valence-corrected chi connectivity index (χ1v) is 9.34. The van der Waals surface area contributed by atoms with Crippen LogP contribution in [0.1, 0.15) is 36.6 Å². The smallest absolute Gasteiger partial charge is 0.249 e. The molecule has 7 nitrogen and oxygen atoms in total. The van der Waals surface area contributed by atoms with Crippen molar-refractivity contribution >= 4 is 11.7 Å². The van der Waals surface area contributed by atoms with Crippen molar-refractivity contribution in [2.45, 2.75) is 25.3 Å². The lowest BCUT2D eigenvalue weighted by Gasteiger charge is -2.34. The molecular formula is C20H20FN5O2. The highest BCUT2D eigenvalue weighted by Crippen LogP contribution is 2.34. The van der Waals surface area contributed by atoms with Gasteiger partial charge in [0.05, 0.1) is 12.6 Å². The summed E-state index contributed by atoms with van der Waals surface area (Å²) >= 11 is 0. The van der Waals surface area contributed by atoms with E-state index in [-0.39, 0.29) is 23.7 Å². The summed E-state index contributed by atoms with van der Waals surface area (Å²) in [6.45, 7) is 1.77. The second kappa shape index (κ2) is 7.90. The van der Waals surface area contributed by atoms with Gasteiger partial charge in [0.1, 0.15) is 29.7 Å². The molecule has 2 aliphatic heterocycles. The van der Waals surface area contributed by atoms with Crippen LogP contribution in [0.2, 0.25) is 0 Å². The molecule has 2 fully saturated rings. The number of carbonyl (C=O) groups is 1. The van der Waals surface area contributed by atoms with Gasteiger partial charge in [-0.1, -0.05) is 12.1 Å². The SMILES string of the molecule is N#Cc1cc(N2CCC(C(=O)N3OCC[C@H]3c3cccc(F)c3)CC2)ncn1. The number of aromatic nitrogens is 2. The van der Waals surface area contributed by atoms with Gasteiger partial charge in [0, 0.05) is 31.5 Å². The number of hydrogen-bond donors (Lipinski definition) is 0. The molecule has 0 spiro atoms. The number of nitriles is 1. The average Bonchev–Trinajstić information content (AvgIpc) is 3.23. The lowest BCUT2D eigenvalue weighted by Crippen LogP contribution is -2.42. The van der Waals surface area contributed by atoms with Crippen LogP contribution in [0.3, 0.4) is 0 Å². The van der Waals surface area contributed by atoms with Gasteiger partial charge in [-0.05, 0) is 30.5 Å². The van der Waals surface area contributed by atoms with Crippen LogP contribution >= 0.6 is 0 Å². The summed E-state index contributed by atoms with van der Waals surface area (Å²) in [5, 5.41) is 10.4. The Balaban J connectivity index is 1.41. The molecule has 1 aromatic heterocycles. The molecule has 8 heteroatoms. The molecule has 28 heavy (non-hydrogen) atoms. The first kappa shape index (κ1) is 18.3. The molecule has 0 bridgehead atoms. The lowest BCUT2D eigenvalue weighted by atomic mass is 9.94. The van der Waals surface area contributed by atoms with E-state index in [1.54, 1.807) is 12.1 Å². The predicted molar refractivity (Wildman–Crippen MR) is 98.2 cm³/mol. The highest BCUT2D eigenvalue weighted by Gasteiger charge is 2.37. The summed E-state index contributed by atoms with van der Waals surface area (Å²) in [4.78, 5) is 28.8. The molecule has 0 unspecified atom stereocenters. The van der Waals surface area contributed by atoms with Crippen molar-refractivity contribution in [2.75, 3.05) is 24.6 Å². The molecule has 4 rings (SSSR count). The van der Waals surface area contributed by atoms with Crippen LogP contribution in [0.4, 0.5) is 10.2 Å². The molecule has 2 aromatic rings. The standard InChI is InChI=1S/C20H20FN5O2/c21-16-3-1-2-15(10-16)18-6-9-28-26(18)20(27)14-4-7-25(8-5-14)19-11-17(12-22)23-13-24-19/h1-3,10-11,13-14,18H,4-9H2/t18-/m0/s1. The zero-order valence-electron chi connectivity index (χ0n) is 15.3. The molecule has 2 aliphatic rings. The van der Waals surface area contributed by atoms with E-state index >= 15 is 0 Å². The summed E-state index contributed by atoms with van der Waals surface area (Å²) < 4.78 is 13.6. The Kier molecular flexibility index (Phi) is 5.17. The van der Waals surface area contributed by atoms with Crippen molar-refractivity contribution in [3.8, 4) is 6.07 Å². The molecular weight excluding hydrogens is 361 g/mol. The molecule has 1 atom stereocenters. The van der Waals surface area contributed by atoms with Crippen molar-refractivity contribution in [1.29, 1.82) is 5.26 Å². The van der Waals surface area contributed by atoms with E-state index in [9.17, 15) is 9.18 Å². The Bertz CT molecular complexity index is 907. The molecule has 3 heterocycles. The first-order valence-electron chi connectivity index (χ1n) is 9.34. The normalized spacial score (nSPS) is 20.2. The number of hydroxylamine groups is 2. The number of benzene rings is 1. The Morgan fingerprint density at radius 1 is 1.21 bits per heavy atom. The quantitative estimate of drug-likeness (QED) is 0.813. The zero-order chi connectivity index (χ0) is 19.5. The number of nitrogens with zero attached hydrogens (tertiary/aromatic N) is 5. The van der Waals surface area contributed by atoms with Gasteiger partial charge in [0.2, 0.25) is 5.91 Å². The van der Waals surface area contributed by atoms with Crippen molar-refractivity contribution in [1.82, 2.24) is 15.0 Å². The summed E-state index contributed by atoms with van der Waals surface area (Å²) in [6.07, 6.45) is 3.37. The molecule has 1 aromatic carbocycles. The maximum absolute atomic E-state index is 13.6. The zero-order valence-corrected chi connectivity index (χ0v) is 15.3. The maximum atomic E-state index is 13.6. The number of amides is 1. The number of anilines is 1. The first-order chi connectivity index (χ1) is 13.7. The maximum Gasteiger partial charge on any atom is 0.249 e. The van der Waals surface area contributed by atoms with E-state index in [2.05, 4.69) is 14.9 Å². The molecule has 0 N–H and O–H groups in total. The van der Waals surface area contributed by atoms with Gasteiger partial charge < -0.3 is 4.90 Å². The van der Waals surface area contributed by atoms with Crippen LogP contribution in [0, 0.1) is 23.1 Å². The second-order valence-corrected chi connectivity index (χ2v) is 6.99. The van der Waals surface area contributed by atoms with Crippen LogP contribution in [0.25, 0.3) is 0 Å². The van der Waals surface area contributed by atoms with Gasteiger partial charge in [0.15, 0.2) is 0 Å². The monoisotopic (exact) mass is 381 g/mol. The van der Waals surface area contributed by atoms with E-state index < -0.39 is 0 Å². The van der Waals surface area contributed by atoms with E-state index in [0.29, 0.717) is 50.5 Å². The van der Waals surface area contributed by atoms with Gasteiger partial charge in [-0.3, -0.25) is 9.63 Å². The van der Waals surface area contributed by atoms with Crippen molar-refractivity contribution in [3.05, 3.63) is 53.7 Å². The molecule has 0 radical (unpaired) electrons. The third-order valence-corrected chi connectivity index (χ3v) is 5.29. The Hall–Kier alpha value is -3.05. The highest BCUT2D eigenvalue weighted by molar-refractivity contribution is 5.79. The van der Waals surface area contributed by atoms with Crippen molar-refractivity contribution < 1.29 is 14.0 Å². The molecule has 0 aliphatic carbocycles. The third kappa shape index (κ3) is 3.66. The molecule has 2 saturated heterocycles. The molecule has 0 saturated carbocycles. The van der Waals surface area contributed by atoms with Gasteiger partial charge in [-0.2, -0.15) is 5.26 Å². The second-order valence-electron chi connectivity index (χ2n) is 6.99. The van der Waals surface area contributed by atoms with Gasteiger partial charge in [-0.25, -0.2) is 19.4 Å². The summed E-state index contributed by atoms with van der Waals surface area (Å²) in [5.41, 5.74) is 1.08. The summed E-state index contributed by atoms with van der Waals surface area (Å²) in [5.74, 6) is 0.189. The Labute approximate surface area is 162 Å². The number of halogens is 1. The third-order valence-electron chi connectivity index (χ3n) is 5.29. The van der Waals surface area contributed by atoms with E-state index in [4.69, 9.17) is 10.1 Å². The van der Waals surface area contributed by atoms with E-state index in [0.717, 1.165) is 5.56 Å². The predicted octanol–water partition coefficient (Wildman–Crippen LogP) is 2.61. The van der Waals surface area contributed by atoms with Crippen LogP contribution in [-0.2, 0) is 9.63 Å². The fraction of sp³-hybridized carbons (Fsp3) is 0.400. The molecule has 1 amide bonds. The Morgan fingerprint density at radius 2 is 2.04 bits per heavy atom. The average molecular weight is 381 g/mol. The minimum atomic E-state index is -0.313. The van der Waals surface area contributed by atoms with Gasteiger partial charge in [-0.15, -0.1) is 0 Å². The van der Waals surface area contributed by atoms with E-state index in [1.807, 2.05) is 12.1 Å². The largest absolute Gasteiger partial charge is 0.356 e. The lowest BCUT2D eigenvalue weighted by molar-refractivity contribution is -0.182. The van der Waals surface area contributed by atoms with E-state index in [1.165, 1.54) is 23.5 Å². The minimum absolute atomic E-state index is 0.0492. The van der Waals surface area contributed by atoms with Crippen LogP contribution in [0.15, 0.2) is 36.7 Å². The number of hydrogen-bond acceptors (Lipinski definition) is 6. The van der Waals surface area contributed by atoms with Crippen molar-refractivity contribution in [3.63, 3.8) is 0 Å². The van der Waals surface area contributed by atoms with Gasteiger partial charge in [0.25, 0.3) is 0 Å². The van der Waals surface area contributed by atoms with Crippen LogP contribution in [0.5, 0.6) is 0 Å². The Morgan fingerprint density at radius 3 is 2.79 bits per heavy atom. The van der Waals surface area contributed by atoms with Crippen LogP contribution < -0.4 is 4.90 Å². The number of rotatable bonds is 3. The molecule has 144 valence electrons. The highest BCUT2D eigenvalue weighted by atomic mass is 19.1. The summed E-state index contributed by atoms with van der Waals surface area (Å²) in [6, 6.07) is 9.76. The number of piperidine rings is 1.